The number of nitrogens with zero attached hydrogens (tertiary/aromatic N) is 2. The molecular weight excluding hydrogens is 334 g/mol. The summed E-state index contributed by atoms with van der Waals surface area (Å²) in [5.74, 6) is -0.682. The molecule has 1 aromatic carbocycles. The normalized spacial score (nSPS) is 10.3. The average Bonchev–Trinajstić information content (AvgIpc) is 2.93. The van der Waals surface area contributed by atoms with Crippen molar-refractivity contribution in [2.45, 2.75) is 18.2 Å². The van der Waals surface area contributed by atoms with E-state index in [-0.39, 0.29) is 18.2 Å². The average molecular weight is 351 g/mol. The summed E-state index contributed by atoms with van der Waals surface area (Å²) < 4.78 is 0.673. The fourth-order valence-corrected chi connectivity index (χ4v) is 3.35. The van der Waals surface area contributed by atoms with Crippen LogP contribution in [-0.2, 0) is 9.59 Å². The first-order valence-corrected chi connectivity index (χ1v) is 8.60. The van der Waals surface area contributed by atoms with E-state index in [4.69, 9.17) is 5.73 Å². The van der Waals surface area contributed by atoms with Gasteiger partial charge in [0, 0.05) is 5.69 Å². The first kappa shape index (κ1) is 17.2. The molecule has 0 aliphatic rings. The van der Waals surface area contributed by atoms with Gasteiger partial charge in [0.15, 0.2) is 4.34 Å². The molecule has 0 atom stereocenters. The van der Waals surface area contributed by atoms with Gasteiger partial charge in [0.05, 0.1) is 12.3 Å². The van der Waals surface area contributed by atoms with Crippen LogP contribution >= 0.6 is 23.1 Å². The smallest absolute Gasteiger partial charge is 0.236 e. The highest BCUT2D eigenvalue weighted by atomic mass is 32.2. The minimum Gasteiger partial charge on any atom is -0.368 e. The van der Waals surface area contributed by atoms with Crippen molar-refractivity contribution in [3.05, 3.63) is 29.3 Å². The predicted octanol–water partition coefficient (Wildman–Crippen LogP) is 1.59. The van der Waals surface area contributed by atoms with Crippen molar-refractivity contribution in [2.24, 2.45) is 5.73 Å². The number of rotatable bonds is 7. The summed E-state index contributed by atoms with van der Waals surface area (Å²) in [4.78, 5) is 22.1. The van der Waals surface area contributed by atoms with E-state index in [1.54, 1.807) is 0 Å². The Balaban J connectivity index is 1.88. The molecule has 2 amide bonds. The minimum absolute atomic E-state index is 0.158. The van der Waals surface area contributed by atoms with E-state index in [2.05, 4.69) is 26.9 Å². The van der Waals surface area contributed by atoms with Gasteiger partial charge in [-0.05, 0) is 25.5 Å². The Labute approximate surface area is 142 Å². The first-order valence-electron chi connectivity index (χ1n) is 6.79. The van der Waals surface area contributed by atoms with Gasteiger partial charge in [-0.1, -0.05) is 40.8 Å². The number of benzene rings is 1. The van der Waals surface area contributed by atoms with E-state index in [0.717, 1.165) is 11.3 Å². The number of aromatic nitrogens is 2. The van der Waals surface area contributed by atoms with Crippen LogP contribution in [0.15, 0.2) is 22.5 Å². The van der Waals surface area contributed by atoms with Crippen LogP contribution in [0.3, 0.4) is 0 Å². The van der Waals surface area contributed by atoms with Gasteiger partial charge in [-0.2, -0.15) is 0 Å². The molecule has 7 nitrogen and oxygen atoms in total. The van der Waals surface area contributed by atoms with Gasteiger partial charge in [0.2, 0.25) is 16.9 Å². The maximum atomic E-state index is 11.5. The molecule has 0 spiro atoms. The maximum Gasteiger partial charge on any atom is 0.236 e. The van der Waals surface area contributed by atoms with Gasteiger partial charge < -0.3 is 16.4 Å². The quantitative estimate of drug-likeness (QED) is 0.654. The highest BCUT2D eigenvalue weighted by molar-refractivity contribution is 8.01. The second kappa shape index (κ2) is 7.93. The Morgan fingerprint density at radius 2 is 2.09 bits per heavy atom. The van der Waals surface area contributed by atoms with Crippen LogP contribution in [0.5, 0.6) is 0 Å². The number of anilines is 2. The summed E-state index contributed by atoms with van der Waals surface area (Å²) in [6.45, 7) is 3.91. The molecule has 0 aliphatic heterocycles. The van der Waals surface area contributed by atoms with Gasteiger partial charge >= 0.3 is 0 Å². The highest BCUT2D eigenvalue weighted by Gasteiger charge is 2.09. The number of nitrogens with one attached hydrogen (secondary N) is 2. The third kappa shape index (κ3) is 5.53. The van der Waals surface area contributed by atoms with Crippen LogP contribution < -0.4 is 16.4 Å². The molecule has 0 radical (unpaired) electrons. The molecular formula is C14H17N5O2S2. The second-order valence-corrected chi connectivity index (χ2v) is 7.05. The van der Waals surface area contributed by atoms with Gasteiger partial charge in [-0.25, -0.2) is 0 Å². The number of carbonyl (C=O) groups is 2. The summed E-state index contributed by atoms with van der Waals surface area (Å²) >= 11 is 2.62. The molecule has 0 fully saturated rings. The predicted molar refractivity (Wildman–Crippen MR) is 92.0 cm³/mol. The van der Waals surface area contributed by atoms with E-state index in [1.807, 2.05) is 26.0 Å². The molecule has 0 bridgehead atoms. The van der Waals surface area contributed by atoms with Crippen LogP contribution in [0, 0.1) is 13.8 Å². The Hall–Kier alpha value is -2.13. The van der Waals surface area contributed by atoms with Gasteiger partial charge in [-0.3, -0.25) is 9.59 Å². The van der Waals surface area contributed by atoms with Crippen molar-refractivity contribution >= 4 is 45.7 Å². The number of hydrogen-bond acceptors (Lipinski definition) is 7. The maximum absolute atomic E-state index is 11.5. The van der Waals surface area contributed by atoms with Crippen LogP contribution in [0.4, 0.5) is 10.8 Å². The lowest BCUT2D eigenvalue weighted by Crippen LogP contribution is -2.34. The van der Waals surface area contributed by atoms with Crippen molar-refractivity contribution < 1.29 is 9.59 Å². The van der Waals surface area contributed by atoms with Crippen LogP contribution in [-0.4, -0.2) is 34.3 Å². The minimum atomic E-state index is -0.570. The number of amides is 2. The lowest BCUT2D eigenvalue weighted by molar-refractivity contribution is -0.123. The zero-order valence-corrected chi connectivity index (χ0v) is 14.4. The van der Waals surface area contributed by atoms with Crippen molar-refractivity contribution in [2.75, 3.05) is 17.6 Å². The topological polar surface area (TPSA) is 110 Å². The summed E-state index contributed by atoms with van der Waals surface area (Å²) in [6.07, 6.45) is 0. The zero-order chi connectivity index (χ0) is 16.8. The van der Waals surface area contributed by atoms with Crippen molar-refractivity contribution in [3.8, 4) is 0 Å². The lowest BCUT2D eigenvalue weighted by Gasteiger charge is -2.06. The molecule has 0 saturated carbocycles. The Morgan fingerprint density at radius 1 is 1.30 bits per heavy atom. The van der Waals surface area contributed by atoms with E-state index < -0.39 is 5.91 Å². The molecule has 0 unspecified atom stereocenters. The van der Waals surface area contributed by atoms with Crippen LogP contribution in [0.25, 0.3) is 0 Å². The van der Waals surface area contributed by atoms with Gasteiger partial charge in [0.25, 0.3) is 0 Å². The van der Waals surface area contributed by atoms with Crippen LogP contribution in [0.2, 0.25) is 0 Å². The molecule has 4 N–H and O–H groups in total. The second-order valence-electron chi connectivity index (χ2n) is 4.85. The SMILES string of the molecule is Cc1ccc(Nc2nnc(SCC(=O)NCC(N)=O)s2)c(C)c1. The first-order chi connectivity index (χ1) is 10.9. The van der Waals surface area contributed by atoms with Crippen molar-refractivity contribution in [3.63, 3.8) is 0 Å². The van der Waals surface area contributed by atoms with Gasteiger partial charge in [0.1, 0.15) is 0 Å². The number of nitrogens with two attached hydrogens (primary N) is 1. The van der Waals surface area contributed by atoms with E-state index in [0.29, 0.717) is 9.47 Å². The summed E-state index contributed by atoms with van der Waals surface area (Å²) in [7, 11) is 0. The van der Waals surface area contributed by atoms with Crippen molar-refractivity contribution in [1.82, 2.24) is 15.5 Å². The number of aryl methyl sites for hydroxylation is 2. The third-order valence-corrected chi connectivity index (χ3v) is 4.79. The molecule has 9 heteroatoms. The molecule has 122 valence electrons. The third-order valence-electron chi connectivity index (χ3n) is 2.82. The summed E-state index contributed by atoms with van der Waals surface area (Å²) in [5, 5.41) is 14.4. The molecule has 1 heterocycles. The molecule has 2 aromatic rings. The van der Waals surface area contributed by atoms with E-state index >= 15 is 0 Å². The monoisotopic (exact) mass is 351 g/mol. The fraction of sp³-hybridized carbons (Fsp3) is 0.286. The largest absolute Gasteiger partial charge is 0.368 e. The Bertz CT molecular complexity index is 717. The number of hydrogen-bond donors (Lipinski definition) is 3. The lowest BCUT2D eigenvalue weighted by atomic mass is 10.1. The Kier molecular flexibility index (Phi) is 5.94. The summed E-state index contributed by atoms with van der Waals surface area (Å²) in [6, 6.07) is 6.10. The summed E-state index contributed by atoms with van der Waals surface area (Å²) in [5.41, 5.74) is 8.25. The molecule has 0 aliphatic carbocycles. The van der Waals surface area contributed by atoms with E-state index in [1.165, 1.54) is 28.7 Å². The Morgan fingerprint density at radius 3 is 2.78 bits per heavy atom. The number of thioether (sulfide) groups is 1. The molecule has 2 rings (SSSR count). The number of primary amides is 1. The zero-order valence-electron chi connectivity index (χ0n) is 12.8. The van der Waals surface area contributed by atoms with Gasteiger partial charge in [-0.15, -0.1) is 10.2 Å². The molecule has 23 heavy (non-hydrogen) atoms. The van der Waals surface area contributed by atoms with Crippen molar-refractivity contribution in [1.29, 1.82) is 0 Å². The molecule has 1 aromatic heterocycles. The standard InChI is InChI=1S/C14H17N5O2S2/c1-8-3-4-10(9(2)5-8)17-13-18-19-14(23-13)22-7-12(21)16-6-11(15)20/h3-5H,6-7H2,1-2H3,(H2,15,20)(H,16,21)(H,17,18). The number of carbonyl (C=O) groups excluding carboxylic acids is 2. The van der Waals surface area contributed by atoms with Crippen LogP contribution in [0.1, 0.15) is 11.1 Å². The molecule has 0 saturated heterocycles. The van der Waals surface area contributed by atoms with E-state index in [9.17, 15) is 9.59 Å². The highest BCUT2D eigenvalue weighted by Crippen LogP contribution is 2.28. The fourth-order valence-electron chi connectivity index (χ4n) is 1.75.